The molecule has 0 saturated heterocycles. The molecule has 1 aliphatic rings. The van der Waals surface area contributed by atoms with Gasteiger partial charge in [-0.2, -0.15) is 0 Å². The average molecular weight is 271 g/mol. The number of hydrogen-bond acceptors (Lipinski definition) is 3. The molecule has 0 spiro atoms. The van der Waals surface area contributed by atoms with E-state index in [-0.39, 0.29) is 0 Å². The third-order valence-corrected chi connectivity index (χ3v) is 3.61. The first-order chi connectivity index (χ1) is 9.88. The maximum atomic E-state index is 5.97. The molecule has 2 aromatic rings. The maximum absolute atomic E-state index is 5.97. The van der Waals surface area contributed by atoms with E-state index >= 15 is 0 Å². The first kappa shape index (κ1) is 13.4. The summed E-state index contributed by atoms with van der Waals surface area (Å²) in [4.78, 5) is 0. The summed E-state index contributed by atoms with van der Waals surface area (Å²) in [5, 5.41) is 4.68. The molecule has 3 heteroatoms. The predicted octanol–water partition coefficient (Wildman–Crippen LogP) is 3.78. The molecule has 1 N–H and O–H groups in total. The van der Waals surface area contributed by atoms with E-state index in [1.165, 1.54) is 23.8 Å². The second-order valence-electron chi connectivity index (χ2n) is 5.24. The fourth-order valence-corrected chi connectivity index (χ4v) is 2.30. The average Bonchev–Trinajstić information content (AvgIpc) is 3.23. The van der Waals surface area contributed by atoms with Crippen molar-refractivity contribution in [2.45, 2.75) is 39.0 Å². The summed E-state index contributed by atoms with van der Waals surface area (Å²) in [7, 11) is 0. The Kier molecular flexibility index (Phi) is 4.19. The van der Waals surface area contributed by atoms with Crippen LogP contribution in [-0.2, 0) is 17.9 Å². The van der Waals surface area contributed by atoms with Gasteiger partial charge in [0.1, 0.15) is 11.3 Å². The quantitative estimate of drug-likeness (QED) is 0.615. The number of nitrogens with one attached hydrogen (secondary N) is 1. The zero-order valence-corrected chi connectivity index (χ0v) is 11.9. The first-order valence-corrected chi connectivity index (χ1v) is 7.30. The largest absolute Gasteiger partial charge is 0.459 e. The maximum Gasteiger partial charge on any atom is 0.134 e. The number of rotatable bonds is 7. The van der Waals surface area contributed by atoms with Crippen LogP contribution in [0.25, 0.3) is 11.0 Å². The van der Waals surface area contributed by atoms with E-state index in [1.54, 1.807) is 0 Å². The molecule has 1 aromatic carbocycles. The lowest BCUT2D eigenvalue weighted by Gasteiger charge is -2.04. The minimum atomic E-state index is 0.600. The van der Waals surface area contributed by atoms with Crippen molar-refractivity contribution in [1.82, 2.24) is 5.32 Å². The second-order valence-corrected chi connectivity index (χ2v) is 5.24. The van der Waals surface area contributed by atoms with Gasteiger partial charge in [-0.1, -0.05) is 30.4 Å². The van der Waals surface area contributed by atoms with Crippen LogP contribution in [0.5, 0.6) is 0 Å². The highest BCUT2D eigenvalue weighted by Gasteiger charge is 2.22. The summed E-state index contributed by atoms with van der Waals surface area (Å²) in [6.07, 6.45) is 6.59. The van der Waals surface area contributed by atoms with Crippen LogP contribution in [-0.4, -0.2) is 12.6 Å². The van der Waals surface area contributed by atoms with Crippen LogP contribution in [0.15, 0.2) is 40.8 Å². The number of allylic oxidation sites excluding steroid dienone is 1. The van der Waals surface area contributed by atoms with Crippen molar-refractivity contribution >= 4 is 11.0 Å². The van der Waals surface area contributed by atoms with Gasteiger partial charge in [0.05, 0.1) is 19.8 Å². The van der Waals surface area contributed by atoms with Gasteiger partial charge in [0.25, 0.3) is 0 Å². The molecule has 1 saturated carbocycles. The van der Waals surface area contributed by atoms with Crippen LogP contribution in [0.1, 0.15) is 31.1 Å². The summed E-state index contributed by atoms with van der Waals surface area (Å²) in [6, 6.07) is 8.86. The Bertz CT molecular complexity index is 596. The van der Waals surface area contributed by atoms with Crippen LogP contribution in [0.2, 0.25) is 0 Å². The molecule has 0 amide bonds. The van der Waals surface area contributed by atoms with Crippen molar-refractivity contribution in [3.8, 4) is 0 Å². The number of para-hydroxylation sites is 1. The number of ether oxygens (including phenoxy) is 1. The fourth-order valence-electron chi connectivity index (χ4n) is 2.30. The van der Waals surface area contributed by atoms with Crippen LogP contribution in [0, 0.1) is 0 Å². The van der Waals surface area contributed by atoms with Crippen molar-refractivity contribution in [1.29, 1.82) is 0 Å². The van der Waals surface area contributed by atoms with Gasteiger partial charge in [-0.15, -0.1) is 0 Å². The highest BCUT2D eigenvalue weighted by atomic mass is 16.5. The van der Waals surface area contributed by atoms with Gasteiger partial charge >= 0.3 is 0 Å². The molecule has 1 aromatic heterocycles. The fraction of sp³-hybridized carbons (Fsp3) is 0.412. The van der Waals surface area contributed by atoms with E-state index in [1.807, 2.05) is 37.3 Å². The Morgan fingerprint density at radius 3 is 3.00 bits per heavy atom. The topological polar surface area (TPSA) is 34.4 Å². The Morgan fingerprint density at radius 1 is 1.35 bits per heavy atom. The van der Waals surface area contributed by atoms with Gasteiger partial charge in [-0.25, -0.2) is 0 Å². The SMILES string of the molecule is CC=CCOCc1c(CNC2CC2)oc2ccccc12. The molecular formula is C17H21NO2. The summed E-state index contributed by atoms with van der Waals surface area (Å²) in [6.45, 7) is 4.04. The molecule has 3 rings (SSSR count). The smallest absolute Gasteiger partial charge is 0.134 e. The van der Waals surface area contributed by atoms with Gasteiger partial charge in [0.15, 0.2) is 0 Å². The first-order valence-electron chi connectivity index (χ1n) is 7.30. The van der Waals surface area contributed by atoms with Gasteiger partial charge in [0.2, 0.25) is 0 Å². The standard InChI is InChI=1S/C17H21NO2/c1-2-3-10-19-12-15-14-6-4-5-7-16(14)20-17(15)11-18-13-8-9-13/h2-7,13,18H,8-12H2,1H3. The summed E-state index contributed by atoms with van der Waals surface area (Å²) in [5.74, 6) is 1.01. The zero-order chi connectivity index (χ0) is 13.8. The van der Waals surface area contributed by atoms with E-state index in [9.17, 15) is 0 Å². The number of benzene rings is 1. The van der Waals surface area contributed by atoms with Crippen LogP contribution >= 0.6 is 0 Å². The van der Waals surface area contributed by atoms with Crippen molar-refractivity contribution < 1.29 is 9.15 Å². The normalized spacial score (nSPS) is 15.4. The van der Waals surface area contributed by atoms with Crippen LogP contribution in [0.4, 0.5) is 0 Å². The third-order valence-electron chi connectivity index (χ3n) is 3.61. The molecule has 106 valence electrons. The van der Waals surface area contributed by atoms with Gasteiger partial charge in [0, 0.05) is 17.0 Å². The monoisotopic (exact) mass is 271 g/mol. The van der Waals surface area contributed by atoms with Crippen molar-refractivity contribution in [2.75, 3.05) is 6.61 Å². The Hall–Kier alpha value is -1.58. The predicted molar refractivity (Wildman–Crippen MR) is 80.5 cm³/mol. The molecule has 0 radical (unpaired) electrons. The van der Waals surface area contributed by atoms with Crippen LogP contribution < -0.4 is 5.32 Å². The molecule has 3 nitrogen and oxygen atoms in total. The lowest BCUT2D eigenvalue weighted by molar-refractivity contribution is 0.147. The molecule has 0 unspecified atom stereocenters. The van der Waals surface area contributed by atoms with E-state index < -0.39 is 0 Å². The van der Waals surface area contributed by atoms with Crippen molar-refractivity contribution in [3.63, 3.8) is 0 Å². The molecule has 1 fully saturated rings. The highest BCUT2D eigenvalue weighted by molar-refractivity contribution is 5.82. The van der Waals surface area contributed by atoms with Crippen molar-refractivity contribution in [3.05, 3.63) is 47.7 Å². The summed E-state index contributed by atoms with van der Waals surface area (Å²) < 4.78 is 11.7. The summed E-state index contributed by atoms with van der Waals surface area (Å²) in [5.41, 5.74) is 2.13. The molecule has 0 atom stereocenters. The van der Waals surface area contributed by atoms with E-state index in [0.29, 0.717) is 19.3 Å². The Labute approximate surface area is 119 Å². The highest BCUT2D eigenvalue weighted by Crippen LogP contribution is 2.28. The molecular weight excluding hydrogens is 250 g/mol. The van der Waals surface area contributed by atoms with E-state index in [0.717, 1.165) is 17.9 Å². The molecule has 1 heterocycles. The molecule has 1 aliphatic carbocycles. The van der Waals surface area contributed by atoms with Gasteiger partial charge < -0.3 is 14.5 Å². The minimum Gasteiger partial charge on any atom is -0.459 e. The molecule has 20 heavy (non-hydrogen) atoms. The Morgan fingerprint density at radius 2 is 2.20 bits per heavy atom. The van der Waals surface area contributed by atoms with E-state index in [2.05, 4.69) is 11.4 Å². The summed E-state index contributed by atoms with van der Waals surface area (Å²) >= 11 is 0. The van der Waals surface area contributed by atoms with Gasteiger partial charge in [-0.3, -0.25) is 0 Å². The Balaban J connectivity index is 1.78. The third kappa shape index (κ3) is 3.11. The molecule has 0 aliphatic heterocycles. The molecule has 0 bridgehead atoms. The van der Waals surface area contributed by atoms with Crippen molar-refractivity contribution in [2.24, 2.45) is 0 Å². The second kappa shape index (κ2) is 6.25. The minimum absolute atomic E-state index is 0.600. The lowest BCUT2D eigenvalue weighted by Crippen LogP contribution is -2.15. The van der Waals surface area contributed by atoms with Crippen LogP contribution in [0.3, 0.4) is 0 Å². The number of fused-ring (bicyclic) bond motifs is 1. The number of furan rings is 1. The van der Waals surface area contributed by atoms with E-state index in [4.69, 9.17) is 9.15 Å². The zero-order valence-electron chi connectivity index (χ0n) is 11.9. The lowest BCUT2D eigenvalue weighted by atomic mass is 10.1. The van der Waals surface area contributed by atoms with Gasteiger partial charge in [-0.05, 0) is 25.8 Å². The number of hydrogen-bond donors (Lipinski definition) is 1.